The Kier molecular flexibility index (Phi) is 8.35. The molecule has 0 bridgehead atoms. The Labute approximate surface area is 389 Å². The van der Waals surface area contributed by atoms with Gasteiger partial charge in [0.1, 0.15) is 8.07 Å². The fraction of sp³-hybridized carbons (Fsp3) is 0. The van der Waals surface area contributed by atoms with Crippen LogP contribution in [0, 0.1) is 12.1 Å². The molecule has 4 aromatic heterocycles. The molecule has 0 saturated carbocycles. The zero-order valence-electron chi connectivity index (χ0n) is 34.7. The monoisotopic (exact) mass is 1030 g/mol. The van der Waals surface area contributed by atoms with Crippen LogP contribution in [0.25, 0.3) is 67.1 Å². The molecule has 0 amide bonds. The van der Waals surface area contributed by atoms with E-state index in [9.17, 15) is 0 Å². The minimum Gasteiger partial charge on any atom is -0.358 e. The zero-order chi connectivity index (χ0) is 41.9. The van der Waals surface area contributed by atoms with Crippen LogP contribution in [0.15, 0.2) is 212 Å². The van der Waals surface area contributed by atoms with Crippen molar-refractivity contribution in [1.29, 1.82) is 0 Å². The second-order valence-corrected chi connectivity index (χ2v) is 20.2. The smallest absolute Gasteiger partial charge is 0.358 e. The molecule has 0 N–H and O–H groups in total. The van der Waals surface area contributed by atoms with Gasteiger partial charge in [-0.1, -0.05) is 161 Å². The summed E-state index contributed by atoms with van der Waals surface area (Å²) in [5.41, 5.74) is 13.2. The van der Waals surface area contributed by atoms with Gasteiger partial charge in [0.2, 0.25) is 11.6 Å². The Morgan fingerprint density at radius 3 is 1.40 bits per heavy atom. The zero-order valence-corrected chi connectivity index (χ0v) is 37.9. The molecule has 308 valence electrons. The number of fused-ring (bicyclic) bond motifs is 12. The molecule has 0 aliphatic carbocycles. The van der Waals surface area contributed by atoms with Crippen LogP contribution >= 0.6 is 0 Å². The quantitative estimate of drug-likeness (QED) is 0.128. The van der Waals surface area contributed by atoms with E-state index >= 15 is 0 Å². The molecule has 1 aliphatic rings. The molecule has 0 atom stereocenters. The van der Waals surface area contributed by atoms with Gasteiger partial charge >= 0.3 is 21.1 Å². The van der Waals surface area contributed by atoms with Crippen LogP contribution in [0.5, 0.6) is 0 Å². The minimum absolute atomic E-state index is 0. The van der Waals surface area contributed by atoms with Gasteiger partial charge in [0, 0.05) is 5.69 Å². The number of benzene rings is 9. The number of anilines is 3. The molecule has 0 saturated heterocycles. The van der Waals surface area contributed by atoms with E-state index in [1.165, 1.54) is 20.7 Å². The molecule has 0 fully saturated rings. The molecule has 1 aliphatic heterocycles. The van der Waals surface area contributed by atoms with Crippen molar-refractivity contribution in [3.63, 3.8) is 0 Å². The van der Waals surface area contributed by atoms with E-state index in [1.54, 1.807) is 0 Å². The Balaban J connectivity index is 0.00000423. The van der Waals surface area contributed by atoms with Crippen LogP contribution in [0.1, 0.15) is 0 Å². The van der Waals surface area contributed by atoms with Crippen molar-refractivity contribution in [2.45, 2.75) is 0 Å². The van der Waals surface area contributed by atoms with Crippen molar-refractivity contribution < 1.29 is 21.1 Å². The van der Waals surface area contributed by atoms with Crippen LogP contribution in [-0.2, 0) is 21.1 Å². The average molecular weight is 1030 g/mol. The summed E-state index contributed by atoms with van der Waals surface area (Å²) in [6, 6.07) is 84.4. The van der Waals surface area contributed by atoms with Crippen molar-refractivity contribution in [3.05, 3.63) is 224 Å². The third-order valence-electron chi connectivity index (χ3n) is 13.2. The standard InChI is InChI=1S/C56H35N7Si.Pt/c1-3-20-41(21-4-1)64(42-22-5-2-6-23-42)53-33-16-15-32-51(53)59(38-18-17-19-39(36-38)60-47-28-11-13-30-49(47)62-45-26-9-7-24-43(45)57-55(60)62)52-37-40(34-35-54(52)64)61-48-29-12-14-31-50(48)63-46-27-10-8-25-44(46)58-56(61)63;/h1-35H;/q-2;+2. The van der Waals surface area contributed by atoms with Crippen molar-refractivity contribution in [1.82, 2.24) is 27.9 Å². The summed E-state index contributed by atoms with van der Waals surface area (Å²) in [7, 11) is -2.99. The summed E-state index contributed by atoms with van der Waals surface area (Å²) < 4.78 is 9.05. The van der Waals surface area contributed by atoms with Gasteiger partial charge in [0.05, 0.1) is 44.1 Å². The molecule has 7 nitrogen and oxygen atoms in total. The Morgan fingerprint density at radius 2 is 0.815 bits per heavy atom. The predicted octanol–water partition coefficient (Wildman–Crippen LogP) is 9.93. The van der Waals surface area contributed by atoms with Gasteiger partial charge in [-0.25, -0.2) is 9.97 Å². The Morgan fingerprint density at radius 1 is 0.354 bits per heavy atom. The van der Waals surface area contributed by atoms with E-state index in [2.05, 4.69) is 247 Å². The topological polar surface area (TPSA) is 47.7 Å². The minimum atomic E-state index is -2.99. The molecule has 0 unspecified atom stereocenters. The van der Waals surface area contributed by atoms with E-state index in [1.807, 2.05) is 0 Å². The van der Waals surface area contributed by atoms with E-state index < -0.39 is 8.07 Å². The van der Waals surface area contributed by atoms with Crippen LogP contribution in [0.3, 0.4) is 0 Å². The molecule has 0 spiro atoms. The molecule has 65 heavy (non-hydrogen) atoms. The molecule has 5 heterocycles. The fourth-order valence-electron chi connectivity index (χ4n) is 10.6. The van der Waals surface area contributed by atoms with Crippen molar-refractivity contribution in [3.8, 4) is 11.4 Å². The summed E-state index contributed by atoms with van der Waals surface area (Å²) in [5, 5.41) is 5.19. The van der Waals surface area contributed by atoms with Crippen LogP contribution in [0.2, 0.25) is 0 Å². The molecule has 9 aromatic carbocycles. The number of nitrogens with zero attached hydrogens (tertiary/aromatic N) is 7. The second-order valence-electron chi connectivity index (χ2n) is 16.5. The van der Waals surface area contributed by atoms with Crippen LogP contribution in [-0.4, -0.2) is 36.0 Å². The van der Waals surface area contributed by atoms with Crippen LogP contribution < -0.4 is 25.6 Å². The maximum atomic E-state index is 5.27. The number of hydrogen-bond acceptors (Lipinski definition) is 3. The van der Waals surface area contributed by atoms with E-state index in [-0.39, 0.29) is 21.1 Å². The van der Waals surface area contributed by atoms with Gasteiger partial charge in [-0.3, -0.25) is 8.80 Å². The number of rotatable bonds is 5. The van der Waals surface area contributed by atoms with Gasteiger partial charge in [-0.15, -0.1) is 35.5 Å². The first-order valence-corrected chi connectivity index (χ1v) is 23.6. The predicted molar refractivity (Wildman–Crippen MR) is 262 cm³/mol. The Bertz CT molecular complexity index is 3960. The third-order valence-corrected chi connectivity index (χ3v) is 18.0. The van der Waals surface area contributed by atoms with Gasteiger partial charge in [0.25, 0.3) is 0 Å². The molecule has 14 rings (SSSR count). The summed E-state index contributed by atoms with van der Waals surface area (Å²) in [6.07, 6.45) is 0. The third kappa shape index (κ3) is 5.20. The fourth-order valence-corrected chi connectivity index (χ4v) is 15.7. The van der Waals surface area contributed by atoms with Gasteiger partial charge < -0.3 is 14.0 Å². The first-order valence-electron chi connectivity index (χ1n) is 21.6. The van der Waals surface area contributed by atoms with Gasteiger partial charge in [-0.2, -0.15) is 12.1 Å². The SMILES string of the molecule is [Pt+2].[c-]1c(N2c3[c-]c(-n4c5ccccc5n5c6ccccc6nc45)ccc3[Si](c3ccccc3)(c3ccccc3)c3ccccc32)cccc1-n1c2ccccc2n2c3ccccc3nc12. The van der Waals surface area contributed by atoms with E-state index in [0.717, 1.165) is 84.1 Å². The van der Waals surface area contributed by atoms with Crippen molar-refractivity contribution in [2.75, 3.05) is 4.90 Å². The number of aromatic nitrogens is 6. The molecule has 0 radical (unpaired) electrons. The summed E-state index contributed by atoms with van der Waals surface area (Å²) >= 11 is 0. The van der Waals surface area contributed by atoms with E-state index in [0.29, 0.717) is 0 Å². The summed E-state index contributed by atoms with van der Waals surface area (Å²) in [6.45, 7) is 0. The second kappa shape index (κ2) is 14.4. The molecule has 9 heteroatoms. The maximum Gasteiger partial charge on any atom is 2.00 e. The van der Waals surface area contributed by atoms with Gasteiger partial charge in [0.15, 0.2) is 0 Å². The number of para-hydroxylation sites is 9. The molecule has 13 aromatic rings. The maximum absolute atomic E-state index is 5.27. The number of imidazole rings is 4. The number of hydrogen-bond donors (Lipinski definition) is 0. The van der Waals surface area contributed by atoms with Gasteiger partial charge in [-0.05, 0) is 59.8 Å². The summed E-state index contributed by atoms with van der Waals surface area (Å²) in [5.74, 6) is 1.69. The molecular weight excluding hydrogens is 994 g/mol. The molecular formula is C56H35N7PtSi. The first kappa shape index (κ1) is 37.8. The Hall–Kier alpha value is -7.77. The first-order chi connectivity index (χ1) is 31.8. The largest absolute Gasteiger partial charge is 2.00 e. The van der Waals surface area contributed by atoms with Crippen molar-refractivity contribution >= 4 is 102 Å². The van der Waals surface area contributed by atoms with Crippen LogP contribution in [0.4, 0.5) is 17.1 Å². The van der Waals surface area contributed by atoms with E-state index in [4.69, 9.17) is 9.97 Å². The average Bonchev–Trinajstić information content (AvgIpc) is 4.10. The summed E-state index contributed by atoms with van der Waals surface area (Å²) in [4.78, 5) is 12.9. The van der Waals surface area contributed by atoms with Crippen molar-refractivity contribution in [2.24, 2.45) is 0 Å². The normalized spacial score (nSPS) is 13.2.